The minimum atomic E-state index is -3.98. The number of piperidine rings is 1. The summed E-state index contributed by atoms with van der Waals surface area (Å²) in [6.07, 6.45) is 0.852. The highest BCUT2D eigenvalue weighted by atomic mass is 32.2. The molecule has 0 aromatic heterocycles. The first-order valence-electron chi connectivity index (χ1n) is 7.16. The van der Waals surface area contributed by atoms with Crippen molar-refractivity contribution in [3.05, 3.63) is 33.9 Å². The van der Waals surface area contributed by atoms with Gasteiger partial charge in [0.05, 0.1) is 15.7 Å². The van der Waals surface area contributed by atoms with E-state index in [9.17, 15) is 28.4 Å². The molecular formula is C14H18N2O6S. The van der Waals surface area contributed by atoms with E-state index in [-0.39, 0.29) is 17.1 Å². The van der Waals surface area contributed by atoms with Crippen molar-refractivity contribution in [3.8, 4) is 0 Å². The van der Waals surface area contributed by atoms with Crippen molar-refractivity contribution >= 4 is 21.7 Å². The quantitative estimate of drug-likeness (QED) is 0.658. The van der Waals surface area contributed by atoms with E-state index in [2.05, 4.69) is 0 Å². The van der Waals surface area contributed by atoms with Crippen LogP contribution in [0.2, 0.25) is 0 Å². The number of nitrogens with zero attached hydrogens (tertiary/aromatic N) is 2. The van der Waals surface area contributed by atoms with Gasteiger partial charge in [0, 0.05) is 24.2 Å². The lowest BCUT2D eigenvalue weighted by Crippen LogP contribution is -2.48. The number of nitro benzene ring substituents is 1. The molecule has 23 heavy (non-hydrogen) atoms. The molecule has 0 aliphatic carbocycles. The lowest BCUT2D eigenvalue weighted by Gasteiger charge is -2.36. The standard InChI is InChI=1S/C14H18N2O6S/c1-9-5-6-11(8-13(9)16(19)20)23(21,22)15-7-3-4-12(10(15)2)14(17)18/h5-6,8,10,12H,3-4,7H2,1-2H3,(H,17,18)/t10-,12-/m1/s1. The van der Waals surface area contributed by atoms with Crippen LogP contribution in [-0.2, 0) is 14.8 Å². The number of aryl methyl sites for hydroxylation is 1. The fourth-order valence-electron chi connectivity index (χ4n) is 2.86. The Balaban J connectivity index is 2.44. The average molecular weight is 342 g/mol. The Morgan fingerprint density at radius 2 is 2.09 bits per heavy atom. The minimum absolute atomic E-state index is 0.187. The van der Waals surface area contributed by atoms with Crippen molar-refractivity contribution < 1.29 is 23.2 Å². The van der Waals surface area contributed by atoms with Gasteiger partial charge in [0.1, 0.15) is 0 Å². The summed E-state index contributed by atoms with van der Waals surface area (Å²) in [5.41, 5.74) is 0.0922. The number of benzene rings is 1. The highest BCUT2D eigenvalue weighted by Crippen LogP contribution is 2.31. The fraction of sp³-hybridized carbons (Fsp3) is 0.500. The highest BCUT2D eigenvalue weighted by Gasteiger charge is 2.39. The number of carboxylic acid groups (broad SMARTS) is 1. The van der Waals surface area contributed by atoms with E-state index in [1.165, 1.54) is 19.1 Å². The summed E-state index contributed by atoms with van der Waals surface area (Å²) >= 11 is 0. The van der Waals surface area contributed by atoms with Gasteiger partial charge in [-0.3, -0.25) is 14.9 Å². The summed E-state index contributed by atoms with van der Waals surface area (Å²) < 4.78 is 26.7. The van der Waals surface area contributed by atoms with Crippen molar-refractivity contribution in [2.75, 3.05) is 6.54 Å². The van der Waals surface area contributed by atoms with E-state index < -0.39 is 32.9 Å². The number of carboxylic acids is 1. The van der Waals surface area contributed by atoms with Gasteiger partial charge < -0.3 is 5.11 Å². The second-order valence-electron chi connectivity index (χ2n) is 5.65. The van der Waals surface area contributed by atoms with E-state index in [4.69, 9.17) is 0 Å². The van der Waals surface area contributed by atoms with Crippen LogP contribution in [-0.4, -0.2) is 41.3 Å². The molecule has 1 fully saturated rings. The Morgan fingerprint density at radius 3 is 2.65 bits per heavy atom. The number of hydrogen-bond acceptors (Lipinski definition) is 5. The number of nitro groups is 1. The Hall–Kier alpha value is -2.00. The van der Waals surface area contributed by atoms with Crippen LogP contribution in [0.25, 0.3) is 0 Å². The van der Waals surface area contributed by atoms with Gasteiger partial charge in [-0.15, -0.1) is 0 Å². The minimum Gasteiger partial charge on any atom is -0.481 e. The van der Waals surface area contributed by atoms with Crippen LogP contribution in [0.1, 0.15) is 25.3 Å². The predicted molar refractivity (Wildman–Crippen MR) is 81.5 cm³/mol. The SMILES string of the molecule is Cc1ccc(S(=O)(=O)N2CCC[C@@H](C(=O)O)[C@H]2C)cc1[N+](=O)[O-]. The molecule has 0 bridgehead atoms. The normalized spacial score (nSPS) is 22.7. The third-order valence-electron chi connectivity index (χ3n) is 4.23. The zero-order valence-corrected chi connectivity index (χ0v) is 13.6. The summed E-state index contributed by atoms with van der Waals surface area (Å²) in [6, 6.07) is 3.02. The van der Waals surface area contributed by atoms with Gasteiger partial charge >= 0.3 is 5.97 Å². The first-order valence-corrected chi connectivity index (χ1v) is 8.60. The number of aliphatic carboxylic acids is 1. The first kappa shape index (κ1) is 17.4. The van der Waals surface area contributed by atoms with Gasteiger partial charge in [-0.2, -0.15) is 4.31 Å². The van der Waals surface area contributed by atoms with E-state index in [1.807, 2.05) is 0 Å². The maximum Gasteiger partial charge on any atom is 0.308 e. The molecule has 0 spiro atoms. The second-order valence-corrected chi connectivity index (χ2v) is 7.54. The molecule has 0 amide bonds. The largest absolute Gasteiger partial charge is 0.481 e. The van der Waals surface area contributed by atoms with E-state index >= 15 is 0 Å². The number of sulfonamides is 1. The van der Waals surface area contributed by atoms with Gasteiger partial charge in [-0.05, 0) is 32.8 Å². The van der Waals surface area contributed by atoms with Crippen LogP contribution in [0.3, 0.4) is 0 Å². The Labute approximate surface area is 133 Å². The Morgan fingerprint density at radius 1 is 1.43 bits per heavy atom. The monoisotopic (exact) mass is 342 g/mol. The zero-order chi connectivity index (χ0) is 17.4. The lowest BCUT2D eigenvalue weighted by molar-refractivity contribution is -0.385. The molecule has 1 aromatic carbocycles. The Bertz CT molecular complexity index is 746. The fourth-order valence-corrected chi connectivity index (χ4v) is 4.59. The predicted octanol–water partition coefficient (Wildman–Crippen LogP) is 1.78. The molecule has 1 saturated heterocycles. The van der Waals surface area contributed by atoms with Gasteiger partial charge in [0.2, 0.25) is 10.0 Å². The first-order chi connectivity index (χ1) is 10.7. The summed E-state index contributed by atoms with van der Waals surface area (Å²) in [6.45, 7) is 3.28. The van der Waals surface area contributed by atoms with Gasteiger partial charge in [-0.1, -0.05) is 6.07 Å². The molecule has 1 N–H and O–H groups in total. The molecule has 1 heterocycles. The second kappa shape index (κ2) is 6.25. The topological polar surface area (TPSA) is 118 Å². The average Bonchev–Trinajstić information content (AvgIpc) is 2.46. The Kier molecular flexibility index (Phi) is 4.71. The number of hydrogen-bond donors (Lipinski definition) is 1. The summed E-state index contributed by atoms with van der Waals surface area (Å²) in [5.74, 6) is -1.81. The molecule has 2 atom stereocenters. The van der Waals surface area contributed by atoms with Crippen LogP contribution in [0.15, 0.2) is 23.1 Å². The van der Waals surface area contributed by atoms with E-state index in [0.717, 1.165) is 10.4 Å². The maximum atomic E-state index is 12.8. The molecule has 9 heteroatoms. The molecule has 2 rings (SSSR count). The van der Waals surface area contributed by atoms with Crippen molar-refractivity contribution in [1.82, 2.24) is 4.31 Å². The molecule has 8 nitrogen and oxygen atoms in total. The summed E-state index contributed by atoms with van der Waals surface area (Å²) in [5, 5.41) is 20.2. The third kappa shape index (κ3) is 3.20. The molecule has 1 aliphatic heterocycles. The molecule has 126 valence electrons. The smallest absolute Gasteiger partial charge is 0.308 e. The van der Waals surface area contributed by atoms with Gasteiger partial charge in [0.25, 0.3) is 5.69 Å². The lowest BCUT2D eigenvalue weighted by atomic mass is 9.92. The van der Waals surface area contributed by atoms with E-state index in [1.54, 1.807) is 6.92 Å². The zero-order valence-electron chi connectivity index (χ0n) is 12.8. The summed E-state index contributed by atoms with van der Waals surface area (Å²) in [4.78, 5) is 21.4. The van der Waals surface area contributed by atoms with Gasteiger partial charge in [-0.25, -0.2) is 8.42 Å². The van der Waals surface area contributed by atoms with Gasteiger partial charge in [0.15, 0.2) is 0 Å². The van der Waals surface area contributed by atoms with Crippen LogP contribution in [0.5, 0.6) is 0 Å². The summed E-state index contributed by atoms with van der Waals surface area (Å²) in [7, 11) is -3.98. The number of carbonyl (C=O) groups is 1. The van der Waals surface area contributed by atoms with Crippen LogP contribution < -0.4 is 0 Å². The highest BCUT2D eigenvalue weighted by molar-refractivity contribution is 7.89. The van der Waals surface area contributed by atoms with Crippen molar-refractivity contribution in [2.45, 2.75) is 37.6 Å². The molecule has 0 radical (unpaired) electrons. The molecule has 1 aliphatic rings. The van der Waals surface area contributed by atoms with Crippen molar-refractivity contribution in [1.29, 1.82) is 0 Å². The third-order valence-corrected chi connectivity index (χ3v) is 6.21. The molecular weight excluding hydrogens is 324 g/mol. The van der Waals surface area contributed by atoms with Crippen LogP contribution in [0, 0.1) is 23.0 Å². The molecule has 0 saturated carbocycles. The van der Waals surface area contributed by atoms with Crippen molar-refractivity contribution in [2.24, 2.45) is 5.92 Å². The molecule has 1 aromatic rings. The van der Waals surface area contributed by atoms with Crippen molar-refractivity contribution in [3.63, 3.8) is 0 Å². The maximum absolute atomic E-state index is 12.8. The van der Waals surface area contributed by atoms with Crippen LogP contribution in [0.4, 0.5) is 5.69 Å². The van der Waals surface area contributed by atoms with Crippen LogP contribution >= 0.6 is 0 Å². The van der Waals surface area contributed by atoms with E-state index in [0.29, 0.717) is 18.4 Å². The molecule has 0 unspecified atom stereocenters. The number of rotatable bonds is 4.